The predicted molar refractivity (Wildman–Crippen MR) is 111 cm³/mol. The lowest BCUT2D eigenvalue weighted by Crippen LogP contribution is -2.40. The molecular formula is C22H26N2O5. The van der Waals surface area contributed by atoms with Gasteiger partial charge in [-0.3, -0.25) is 20.4 Å². The van der Waals surface area contributed by atoms with Crippen LogP contribution < -0.4 is 25.1 Å². The molecule has 0 fully saturated rings. The van der Waals surface area contributed by atoms with Crippen LogP contribution in [0.4, 0.5) is 0 Å². The van der Waals surface area contributed by atoms with Gasteiger partial charge in [0.2, 0.25) is 0 Å². The van der Waals surface area contributed by atoms with Crippen LogP contribution in [0, 0.1) is 5.92 Å². The molecule has 0 spiro atoms. The van der Waals surface area contributed by atoms with Crippen LogP contribution in [0.15, 0.2) is 48.5 Å². The molecule has 0 atom stereocenters. The Morgan fingerprint density at radius 1 is 0.966 bits per heavy atom. The minimum absolute atomic E-state index is 0.408. The third-order valence-electron chi connectivity index (χ3n) is 3.83. The average molecular weight is 398 g/mol. The molecule has 0 aliphatic carbocycles. The Kier molecular flexibility index (Phi) is 8.09. The summed E-state index contributed by atoms with van der Waals surface area (Å²) in [5.41, 5.74) is 5.87. The van der Waals surface area contributed by atoms with Gasteiger partial charge in [-0.2, -0.15) is 0 Å². The van der Waals surface area contributed by atoms with Gasteiger partial charge < -0.3 is 14.2 Å². The van der Waals surface area contributed by atoms with Crippen LogP contribution in [0.3, 0.4) is 0 Å². The summed E-state index contributed by atoms with van der Waals surface area (Å²) in [5.74, 6) is 1.38. The van der Waals surface area contributed by atoms with Gasteiger partial charge in [0, 0.05) is 11.6 Å². The van der Waals surface area contributed by atoms with Crippen molar-refractivity contribution >= 4 is 17.9 Å². The van der Waals surface area contributed by atoms with Crippen molar-refractivity contribution in [1.82, 2.24) is 10.9 Å². The van der Waals surface area contributed by atoms with Crippen LogP contribution in [-0.4, -0.2) is 32.6 Å². The van der Waals surface area contributed by atoms with Crippen LogP contribution in [0.1, 0.15) is 29.8 Å². The summed E-state index contributed by atoms with van der Waals surface area (Å²) in [6, 6.07) is 12.0. The van der Waals surface area contributed by atoms with Crippen molar-refractivity contribution in [3.05, 3.63) is 59.7 Å². The van der Waals surface area contributed by atoms with Crippen molar-refractivity contribution in [1.29, 1.82) is 0 Å². The number of rotatable bonds is 8. The van der Waals surface area contributed by atoms with Crippen LogP contribution in [-0.2, 0) is 4.79 Å². The van der Waals surface area contributed by atoms with Gasteiger partial charge in [-0.25, -0.2) is 0 Å². The number of hydrogen-bond donors (Lipinski definition) is 2. The second-order valence-electron chi connectivity index (χ2n) is 6.62. The molecule has 0 saturated carbocycles. The highest BCUT2D eigenvalue weighted by molar-refractivity contribution is 5.98. The Bertz CT molecular complexity index is 860. The van der Waals surface area contributed by atoms with Crippen molar-refractivity contribution in [2.24, 2.45) is 5.92 Å². The fourth-order valence-electron chi connectivity index (χ4n) is 2.33. The van der Waals surface area contributed by atoms with Gasteiger partial charge in [0.25, 0.3) is 11.8 Å². The van der Waals surface area contributed by atoms with Crippen molar-refractivity contribution in [2.75, 3.05) is 20.8 Å². The topological polar surface area (TPSA) is 85.9 Å². The molecule has 0 heterocycles. The van der Waals surface area contributed by atoms with E-state index in [-0.39, 0.29) is 0 Å². The number of hydrogen-bond acceptors (Lipinski definition) is 5. The molecule has 7 heteroatoms. The summed E-state index contributed by atoms with van der Waals surface area (Å²) in [6.45, 7) is 4.72. The molecule has 0 unspecified atom stereocenters. The lowest BCUT2D eigenvalue weighted by atomic mass is 10.2. The highest BCUT2D eigenvalue weighted by Gasteiger charge is 2.07. The van der Waals surface area contributed by atoms with Gasteiger partial charge in [0.1, 0.15) is 5.75 Å². The number of methoxy groups -OCH3 is 2. The maximum atomic E-state index is 12.1. The molecule has 2 rings (SSSR count). The second kappa shape index (κ2) is 10.8. The van der Waals surface area contributed by atoms with Crippen molar-refractivity contribution in [3.63, 3.8) is 0 Å². The van der Waals surface area contributed by atoms with E-state index >= 15 is 0 Å². The van der Waals surface area contributed by atoms with E-state index in [1.165, 1.54) is 13.2 Å². The first-order valence-corrected chi connectivity index (χ1v) is 9.16. The van der Waals surface area contributed by atoms with E-state index in [1.54, 1.807) is 55.7 Å². The smallest absolute Gasteiger partial charge is 0.269 e. The van der Waals surface area contributed by atoms with Gasteiger partial charge >= 0.3 is 0 Å². The van der Waals surface area contributed by atoms with E-state index in [4.69, 9.17) is 14.2 Å². The van der Waals surface area contributed by atoms with E-state index in [1.807, 2.05) is 0 Å². The SMILES string of the molecule is COc1ccc(C=CC(=O)NNC(=O)c2ccc(OCC(C)C)cc2)cc1OC. The first-order chi connectivity index (χ1) is 13.9. The van der Waals surface area contributed by atoms with Gasteiger partial charge in [0.05, 0.1) is 20.8 Å². The largest absolute Gasteiger partial charge is 0.493 e. The lowest BCUT2D eigenvalue weighted by Gasteiger charge is -2.09. The Morgan fingerprint density at radius 2 is 1.66 bits per heavy atom. The fourth-order valence-corrected chi connectivity index (χ4v) is 2.33. The minimum atomic E-state index is -0.468. The predicted octanol–water partition coefficient (Wildman–Crippen LogP) is 3.21. The van der Waals surface area contributed by atoms with Gasteiger partial charge in [-0.15, -0.1) is 0 Å². The quantitative estimate of drug-likeness (QED) is 0.527. The molecule has 0 aliphatic rings. The molecule has 0 bridgehead atoms. The van der Waals surface area contributed by atoms with E-state index in [0.717, 1.165) is 5.56 Å². The lowest BCUT2D eigenvalue weighted by molar-refractivity contribution is -0.117. The van der Waals surface area contributed by atoms with Crippen molar-refractivity contribution < 1.29 is 23.8 Å². The van der Waals surface area contributed by atoms with Gasteiger partial charge in [0.15, 0.2) is 11.5 Å². The van der Waals surface area contributed by atoms with Crippen LogP contribution in [0.5, 0.6) is 17.2 Å². The summed E-state index contributed by atoms with van der Waals surface area (Å²) >= 11 is 0. The first kappa shape index (κ1) is 21.8. The fraction of sp³-hybridized carbons (Fsp3) is 0.273. The third kappa shape index (κ3) is 6.88. The van der Waals surface area contributed by atoms with Gasteiger partial charge in [-0.05, 0) is 54.0 Å². The molecule has 2 aromatic carbocycles. The maximum Gasteiger partial charge on any atom is 0.269 e. The molecule has 0 aliphatic heterocycles. The van der Waals surface area contributed by atoms with E-state index in [0.29, 0.717) is 35.3 Å². The Labute approximate surface area is 170 Å². The molecule has 2 aromatic rings. The normalized spacial score (nSPS) is 10.7. The number of ether oxygens (including phenoxy) is 3. The van der Waals surface area contributed by atoms with Crippen LogP contribution in [0.2, 0.25) is 0 Å². The van der Waals surface area contributed by atoms with E-state index in [9.17, 15) is 9.59 Å². The maximum absolute atomic E-state index is 12.1. The van der Waals surface area contributed by atoms with Crippen molar-refractivity contribution in [3.8, 4) is 17.2 Å². The summed E-state index contributed by atoms with van der Waals surface area (Å²) in [6.07, 6.45) is 2.91. The van der Waals surface area contributed by atoms with Crippen LogP contribution in [0.25, 0.3) is 6.08 Å². The second-order valence-corrected chi connectivity index (χ2v) is 6.62. The summed E-state index contributed by atoms with van der Waals surface area (Å²) in [5, 5.41) is 0. The number of benzene rings is 2. The number of carbonyl (C=O) groups excluding carboxylic acids is 2. The molecule has 154 valence electrons. The highest BCUT2D eigenvalue weighted by atomic mass is 16.5. The number of amides is 2. The summed E-state index contributed by atoms with van der Waals surface area (Å²) in [7, 11) is 3.09. The highest BCUT2D eigenvalue weighted by Crippen LogP contribution is 2.27. The molecule has 0 aromatic heterocycles. The number of carbonyl (C=O) groups is 2. The molecule has 29 heavy (non-hydrogen) atoms. The molecule has 2 N–H and O–H groups in total. The van der Waals surface area contributed by atoms with E-state index in [2.05, 4.69) is 24.7 Å². The number of hydrazine groups is 1. The Balaban J connectivity index is 1.86. The monoisotopic (exact) mass is 398 g/mol. The Morgan fingerprint density at radius 3 is 2.28 bits per heavy atom. The molecule has 0 saturated heterocycles. The van der Waals surface area contributed by atoms with Gasteiger partial charge in [-0.1, -0.05) is 19.9 Å². The summed E-state index contributed by atoms with van der Waals surface area (Å²) < 4.78 is 16.0. The third-order valence-corrected chi connectivity index (χ3v) is 3.83. The van der Waals surface area contributed by atoms with Crippen molar-refractivity contribution in [2.45, 2.75) is 13.8 Å². The Hall–Kier alpha value is -3.48. The standard InChI is InChI=1S/C22H26N2O5/c1-15(2)14-29-18-9-7-17(8-10-18)22(26)24-23-21(25)12-6-16-5-11-19(27-3)20(13-16)28-4/h5-13,15H,14H2,1-4H3,(H,23,25)(H,24,26). The summed E-state index contributed by atoms with van der Waals surface area (Å²) in [4.78, 5) is 24.1. The van der Waals surface area contributed by atoms with Crippen LogP contribution >= 0.6 is 0 Å². The average Bonchev–Trinajstić information content (AvgIpc) is 2.74. The molecule has 0 radical (unpaired) electrons. The zero-order valence-corrected chi connectivity index (χ0v) is 17.0. The zero-order chi connectivity index (χ0) is 21.2. The zero-order valence-electron chi connectivity index (χ0n) is 17.0. The molecule has 2 amide bonds. The number of nitrogens with one attached hydrogen (secondary N) is 2. The minimum Gasteiger partial charge on any atom is -0.493 e. The molecule has 7 nitrogen and oxygen atoms in total. The molecular weight excluding hydrogens is 372 g/mol. The van der Waals surface area contributed by atoms with E-state index < -0.39 is 11.8 Å². The first-order valence-electron chi connectivity index (χ1n) is 9.16.